The molecule has 2 rings (SSSR count). The van der Waals surface area contributed by atoms with Gasteiger partial charge in [-0.15, -0.1) is 0 Å². The van der Waals surface area contributed by atoms with Crippen LogP contribution in [0, 0.1) is 5.92 Å². The molecule has 21 heavy (non-hydrogen) atoms. The van der Waals surface area contributed by atoms with Gasteiger partial charge >= 0.3 is 6.18 Å². The minimum Gasteiger partial charge on any atom is -0.350 e. The van der Waals surface area contributed by atoms with E-state index >= 15 is 0 Å². The molecule has 1 heterocycles. The van der Waals surface area contributed by atoms with E-state index < -0.39 is 17.6 Å². The van der Waals surface area contributed by atoms with Crippen molar-refractivity contribution in [3.63, 3.8) is 0 Å². The third-order valence-corrected chi connectivity index (χ3v) is 3.86. The summed E-state index contributed by atoms with van der Waals surface area (Å²) in [5.74, 6) is -0.0266. The number of nitrogens with one attached hydrogen (secondary N) is 2. The van der Waals surface area contributed by atoms with Crippen LogP contribution in [-0.2, 0) is 6.18 Å². The second-order valence-electron chi connectivity index (χ2n) is 5.47. The molecule has 116 valence electrons. The minimum atomic E-state index is -4.43. The molecule has 1 saturated heterocycles. The van der Waals surface area contributed by atoms with Gasteiger partial charge in [0.25, 0.3) is 5.91 Å². The van der Waals surface area contributed by atoms with Crippen molar-refractivity contribution in [1.82, 2.24) is 10.6 Å². The summed E-state index contributed by atoms with van der Waals surface area (Å²) in [4.78, 5) is 12.0. The Morgan fingerprint density at radius 3 is 2.86 bits per heavy atom. The summed E-state index contributed by atoms with van der Waals surface area (Å²) >= 11 is 0. The molecule has 0 saturated carbocycles. The zero-order valence-corrected chi connectivity index (χ0v) is 11.8. The van der Waals surface area contributed by atoms with E-state index in [9.17, 15) is 18.0 Å². The number of alkyl halides is 3. The normalized spacial score (nSPS) is 22.9. The molecule has 0 aliphatic carbocycles. The van der Waals surface area contributed by atoms with Crippen LogP contribution in [0.2, 0.25) is 0 Å². The predicted octanol–water partition coefficient (Wildman–Crippen LogP) is 2.82. The van der Waals surface area contributed by atoms with E-state index in [1.165, 1.54) is 12.1 Å². The number of carbonyl (C=O) groups excluding carboxylic acids is 1. The van der Waals surface area contributed by atoms with Crippen LogP contribution in [0.4, 0.5) is 13.2 Å². The Hall–Kier alpha value is -1.56. The lowest BCUT2D eigenvalue weighted by Gasteiger charge is -2.30. The van der Waals surface area contributed by atoms with E-state index in [0.717, 1.165) is 31.5 Å². The number of amides is 1. The fraction of sp³-hybridized carbons (Fsp3) is 0.533. The highest BCUT2D eigenvalue weighted by atomic mass is 19.4. The quantitative estimate of drug-likeness (QED) is 0.901. The third-order valence-electron chi connectivity index (χ3n) is 3.86. The standard InChI is InChI=1S/C15H19F3N2O/c1-10-4-3-7-19-13(10)9-20-14(21)11-5-2-6-12(8-11)15(16,17)18/h2,5-6,8,10,13,19H,3-4,7,9H2,1H3,(H,20,21). The Bertz CT molecular complexity index is 502. The maximum Gasteiger partial charge on any atom is 0.416 e. The van der Waals surface area contributed by atoms with Gasteiger partial charge in [0.2, 0.25) is 0 Å². The van der Waals surface area contributed by atoms with Crippen molar-refractivity contribution < 1.29 is 18.0 Å². The average molecular weight is 300 g/mol. The first kappa shape index (κ1) is 15.8. The van der Waals surface area contributed by atoms with Gasteiger partial charge in [0.05, 0.1) is 5.56 Å². The van der Waals surface area contributed by atoms with Crippen LogP contribution in [0.25, 0.3) is 0 Å². The summed E-state index contributed by atoms with van der Waals surface area (Å²) < 4.78 is 37.9. The van der Waals surface area contributed by atoms with Crippen molar-refractivity contribution >= 4 is 5.91 Å². The SMILES string of the molecule is CC1CCCNC1CNC(=O)c1cccc(C(F)(F)F)c1. The van der Waals surface area contributed by atoms with Gasteiger partial charge in [-0.05, 0) is 43.5 Å². The number of halogens is 3. The van der Waals surface area contributed by atoms with E-state index in [2.05, 4.69) is 17.6 Å². The smallest absolute Gasteiger partial charge is 0.350 e. The molecule has 3 nitrogen and oxygen atoms in total. The monoisotopic (exact) mass is 300 g/mol. The lowest BCUT2D eigenvalue weighted by atomic mass is 9.93. The fourth-order valence-corrected chi connectivity index (χ4v) is 2.53. The van der Waals surface area contributed by atoms with Crippen molar-refractivity contribution in [3.8, 4) is 0 Å². The first-order valence-electron chi connectivity index (χ1n) is 7.07. The second-order valence-corrected chi connectivity index (χ2v) is 5.47. The molecule has 1 aromatic rings. The summed E-state index contributed by atoms with van der Waals surface area (Å²) in [6.45, 7) is 3.44. The maximum atomic E-state index is 12.6. The lowest BCUT2D eigenvalue weighted by Crippen LogP contribution is -2.47. The molecule has 1 amide bonds. The van der Waals surface area contributed by atoms with Crippen LogP contribution in [0.5, 0.6) is 0 Å². The van der Waals surface area contributed by atoms with Gasteiger partial charge in [0, 0.05) is 18.2 Å². The predicted molar refractivity (Wildman–Crippen MR) is 74.0 cm³/mol. The largest absolute Gasteiger partial charge is 0.416 e. The van der Waals surface area contributed by atoms with Crippen LogP contribution in [0.15, 0.2) is 24.3 Å². The first-order chi connectivity index (χ1) is 9.88. The van der Waals surface area contributed by atoms with Gasteiger partial charge in [-0.25, -0.2) is 0 Å². The molecule has 2 atom stereocenters. The lowest BCUT2D eigenvalue weighted by molar-refractivity contribution is -0.137. The van der Waals surface area contributed by atoms with Crippen LogP contribution in [0.1, 0.15) is 35.7 Å². The van der Waals surface area contributed by atoms with Crippen molar-refractivity contribution in [2.75, 3.05) is 13.1 Å². The molecule has 0 aromatic heterocycles. The highest BCUT2D eigenvalue weighted by molar-refractivity contribution is 5.94. The Balaban J connectivity index is 1.97. The van der Waals surface area contributed by atoms with Crippen LogP contribution in [-0.4, -0.2) is 25.0 Å². The van der Waals surface area contributed by atoms with Gasteiger partial charge in [-0.2, -0.15) is 13.2 Å². The van der Waals surface area contributed by atoms with Gasteiger partial charge in [0.1, 0.15) is 0 Å². The number of hydrogen-bond acceptors (Lipinski definition) is 2. The topological polar surface area (TPSA) is 41.1 Å². The highest BCUT2D eigenvalue weighted by Gasteiger charge is 2.31. The summed E-state index contributed by atoms with van der Waals surface area (Å²) in [5.41, 5.74) is -0.771. The zero-order valence-electron chi connectivity index (χ0n) is 11.8. The number of hydrogen-bond donors (Lipinski definition) is 2. The van der Waals surface area contributed by atoms with E-state index in [-0.39, 0.29) is 11.6 Å². The maximum absolute atomic E-state index is 12.6. The molecule has 1 aromatic carbocycles. The second kappa shape index (κ2) is 6.47. The number of rotatable bonds is 3. The van der Waals surface area contributed by atoms with E-state index in [1.54, 1.807) is 0 Å². The van der Waals surface area contributed by atoms with Gasteiger partial charge in [-0.1, -0.05) is 13.0 Å². The Morgan fingerprint density at radius 2 is 2.19 bits per heavy atom. The van der Waals surface area contributed by atoms with E-state index in [1.807, 2.05) is 0 Å². The van der Waals surface area contributed by atoms with Gasteiger partial charge in [0.15, 0.2) is 0 Å². The first-order valence-corrected chi connectivity index (χ1v) is 7.07. The Kier molecular flexibility index (Phi) is 4.88. The molecule has 6 heteroatoms. The fourth-order valence-electron chi connectivity index (χ4n) is 2.53. The number of piperidine rings is 1. The summed E-state index contributed by atoms with van der Waals surface area (Å²) in [7, 11) is 0. The summed E-state index contributed by atoms with van der Waals surface area (Å²) in [6, 6.07) is 4.66. The van der Waals surface area contributed by atoms with Crippen LogP contribution in [0.3, 0.4) is 0 Å². The number of carbonyl (C=O) groups is 1. The molecule has 1 fully saturated rings. The van der Waals surface area contributed by atoms with E-state index in [4.69, 9.17) is 0 Å². The van der Waals surface area contributed by atoms with Gasteiger partial charge < -0.3 is 10.6 Å². The molecular formula is C15H19F3N2O. The molecule has 1 aliphatic rings. The van der Waals surface area contributed by atoms with E-state index in [0.29, 0.717) is 12.5 Å². The van der Waals surface area contributed by atoms with Crippen molar-refractivity contribution in [2.24, 2.45) is 5.92 Å². The molecule has 1 aliphatic heterocycles. The van der Waals surface area contributed by atoms with Crippen molar-refractivity contribution in [3.05, 3.63) is 35.4 Å². The van der Waals surface area contributed by atoms with Crippen LogP contribution >= 0.6 is 0 Å². The Morgan fingerprint density at radius 1 is 1.43 bits per heavy atom. The Labute approximate surface area is 121 Å². The van der Waals surface area contributed by atoms with Crippen molar-refractivity contribution in [2.45, 2.75) is 32.0 Å². The zero-order chi connectivity index (χ0) is 15.5. The minimum absolute atomic E-state index is 0.0355. The third kappa shape index (κ3) is 4.20. The number of benzene rings is 1. The summed E-state index contributed by atoms with van der Waals surface area (Å²) in [6.07, 6.45) is -2.23. The average Bonchev–Trinajstić information content (AvgIpc) is 2.45. The molecular weight excluding hydrogens is 281 g/mol. The van der Waals surface area contributed by atoms with Crippen LogP contribution < -0.4 is 10.6 Å². The molecule has 2 N–H and O–H groups in total. The highest BCUT2D eigenvalue weighted by Crippen LogP contribution is 2.29. The molecule has 0 bridgehead atoms. The molecule has 0 radical (unpaired) electrons. The van der Waals surface area contributed by atoms with Crippen molar-refractivity contribution in [1.29, 1.82) is 0 Å². The van der Waals surface area contributed by atoms with Gasteiger partial charge in [-0.3, -0.25) is 4.79 Å². The molecule has 2 unspecified atom stereocenters. The summed E-state index contributed by atoms with van der Waals surface area (Å²) in [5, 5.41) is 6.03. The molecule has 0 spiro atoms.